The van der Waals surface area contributed by atoms with Gasteiger partial charge in [-0.25, -0.2) is 9.97 Å². The Labute approximate surface area is 69.1 Å². The van der Waals surface area contributed by atoms with Crippen molar-refractivity contribution in [1.82, 2.24) is 14.4 Å². The van der Waals surface area contributed by atoms with Gasteiger partial charge in [-0.1, -0.05) is 0 Å². The van der Waals surface area contributed by atoms with Crippen LogP contribution in [0.3, 0.4) is 0 Å². The molecule has 0 spiro atoms. The molecule has 0 aliphatic heterocycles. The van der Waals surface area contributed by atoms with Crippen LogP contribution in [0, 0.1) is 18.3 Å². The Bertz CT molecular complexity index is 463. The number of fused-ring (bicyclic) bond motifs is 1. The molecule has 0 N–H and O–H groups in total. The van der Waals surface area contributed by atoms with Gasteiger partial charge in [0.25, 0.3) is 0 Å². The number of nitriles is 1. The van der Waals surface area contributed by atoms with Gasteiger partial charge in [0.05, 0.1) is 11.3 Å². The molecule has 0 atom stereocenters. The van der Waals surface area contributed by atoms with E-state index in [0.717, 1.165) is 11.3 Å². The van der Waals surface area contributed by atoms with Crippen molar-refractivity contribution in [2.24, 2.45) is 0 Å². The summed E-state index contributed by atoms with van der Waals surface area (Å²) in [6, 6.07) is 2.02. The fourth-order valence-corrected chi connectivity index (χ4v) is 1.07. The highest BCUT2D eigenvalue weighted by molar-refractivity contribution is 5.44. The Morgan fingerprint density at radius 2 is 2.33 bits per heavy atom. The molecule has 2 heterocycles. The van der Waals surface area contributed by atoms with Crippen LogP contribution in [0.1, 0.15) is 11.3 Å². The molecule has 0 fully saturated rings. The molecule has 12 heavy (non-hydrogen) atoms. The fraction of sp³-hybridized carbons (Fsp3) is 0.125. The second-order valence-corrected chi connectivity index (χ2v) is 2.52. The van der Waals surface area contributed by atoms with Crippen LogP contribution >= 0.6 is 0 Å². The van der Waals surface area contributed by atoms with Crippen LogP contribution in [0.2, 0.25) is 0 Å². The van der Waals surface area contributed by atoms with Gasteiger partial charge in [0.2, 0.25) is 0 Å². The maximum atomic E-state index is 8.58. The molecule has 4 nitrogen and oxygen atoms in total. The van der Waals surface area contributed by atoms with Crippen molar-refractivity contribution in [3.8, 4) is 6.07 Å². The minimum Gasteiger partial charge on any atom is -0.289 e. The van der Waals surface area contributed by atoms with E-state index >= 15 is 0 Å². The summed E-state index contributed by atoms with van der Waals surface area (Å²) < 4.78 is 1.74. The number of aryl methyl sites for hydroxylation is 1. The van der Waals surface area contributed by atoms with Crippen LogP contribution in [0.5, 0.6) is 0 Å². The van der Waals surface area contributed by atoms with Crippen molar-refractivity contribution in [2.45, 2.75) is 6.92 Å². The average Bonchev–Trinajstić information content (AvgIpc) is 2.47. The molecule has 0 unspecified atom stereocenters. The van der Waals surface area contributed by atoms with Crippen molar-refractivity contribution in [3.63, 3.8) is 0 Å². The zero-order valence-corrected chi connectivity index (χ0v) is 6.52. The molecular formula is C8H6N4. The standard InChI is InChI=1S/C8H6N4/c1-6-8-10-3-7(2-9)4-12(8)5-11-6/h3-5H,1H3. The van der Waals surface area contributed by atoms with Crippen molar-refractivity contribution in [2.75, 3.05) is 0 Å². The molecule has 2 aromatic heterocycles. The topological polar surface area (TPSA) is 54.0 Å². The molecule has 0 saturated carbocycles. The lowest BCUT2D eigenvalue weighted by Gasteiger charge is -1.92. The van der Waals surface area contributed by atoms with E-state index in [1.165, 1.54) is 0 Å². The first-order valence-corrected chi connectivity index (χ1v) is 3.50. The molecule has 2 aromatic rings. The highest BCUT2D eigenvalue weighted by Crippen LogP contribution is 2.05. The predicted octanol–water partition coefficient (Wildman–Crippen LogP) is 0.909. The number of rotatable bonds is 0. The maximum absolute atomic E-state index is 8.58. The van der Waals surface area contributed by atoms with E-state index in [2.05, 4.69) is 9.97 Å². The first-order valence-electron chi connectivity index (χ1n) is 3.50. The summed E-state index contributed by atoms with van der Waals surface area (Å²) in [5.41, 5.74) is 2.22. The molecule has 0 saturated heterocycles. The summed E-state index contributed by atoms with van der Waals surface area (Å²) in [6.07, 6.45) is 4.91. The summed E-state index contributed by atoms with van der Waals surface area (Å²) in [4.78, 5) is 8.15. The van der Waals surface area contributed by atoms with Crippen molar-refractivity contribution in [1.29, 1.82) is 5.26 Å². The van der Waals surface area contributed by atoms with Crippen molar-refractivity contribution >= 4 is 5.65 Å². The number of hydrogen-bond donors (Lipinski definition) is 0. The minimum absolute atomic E-state index is 0.542. The van der Waals surface area contributed by atoms with Crippen LogP contribution in [0.15, 0.2) is 18.7 Å². The van der Waals surface area contributed by atoms with Crippen molar-refractivity contribution < 1.29 is 0 Å². The third-order valence-electron chi connectivity index (χ3n) is 1.68. The lowest BCUT2D eigenvalue weighted by atomic mass is 10.4. The van der Waals surface area contributed by atoms with E-state index in [0.29, 0.717) is 5.56 Å². The highest BCUT2D eigenvalue weighted by Gasteiger charge is 2.00. The Kier molecular flexibility index (Phi) is 1.31. The van der Waals surface area contributed by atoms with Gasteiger partial charge in [0.15, 0.2) is 5.65 Å². The Morgan fingerprint density at radius 3 is 3.08 bits per heavy atom. The van der Waals surface area contributed by atoms with Crippen LogP contribution in [-0.2, 0) is 0 Å². The minimum atomic E-state index is 0.542. The number of hydrogen-bond acceptors (Lipinski definition) is 3. The van der Waals surface area contributed by atoms with Gasteiger partial charge in [0.1, 0.15) is 12.4 Å². The van der Waals surface area contributed by atoms with E-state index in [9.17, 15) is 0 Å². The molecule has 0 aliphatic rings. The van der Waals surface area contributed by atoms with Gasteiger partial charge in [0, 0.05) is 12.4 Å². The van der Waals surface area contributed by atoms with E-state index in [4.69, 9.17) is 5.26 Å². The van der Waals surface area contributed by atoms with Crippen LogP contribution in [0.25, 0.3) is 5.65 Å². The summed E-state index contributed by atoms with van der Waals surface area (Å²) in [5.74, 6) is 0. The molecule has 4 heteroatoms. The zero-order chi connectivity index (χ0) is 8.55. The quantitative estimate of drug-likeness (QED) is 0.572. The monoisotopic (exact) mass is 158 g/mol. The smallest absolute Gasteiger partial charge is 0.159 e. The Hall–Kier alpha value is -1.89. The average molecular weight is 158 g/mol. The molecule has 0 radical (unpaired) electrons. The van der Waals surface area contributed by atoms with Gasteiger partial charge in [-0.2, -0.15) is 5.26 Å². The largest absolute Gasteiger partial charge is 0.289 e. The zero-order valence-electron chi connectivity index (χ0n) is 6.52. The third-order valence-corrected chi connectivity index (χ3v) is 1.68. The lowest BCUT2D eigenvalue weighted by molar-refractivity contribution is 1.10. The van der Waals surface area contributed by atoms with Crippen LogP contribution in [0.4, 0.5) is 0 Å². The number of aromatic nitrogens is 3. The molecule has 58 valence electrons. The maximum Gasteiger partial charge on any atom is 0.159 e. The fourth-order valence-electron chi connectivity index (χ4n) is 1.07. The molecule has 2 rings (SSSR count). The summed E-state index contributed by atoms with van der Waals surface area (Å²) >= 11 is 0. The normalized spacial score (nSPS) is 10.0. The van der Waals surface area contributed by atoms with Gasteiger partial charge >= 0.3 is 0 Å². The summed E-state index contributed by atoms with van der Waals surface area (Å²) in [6.45, 7) is 1.88. The molecule has 0 aromatic carbocycles. The van der Waals surface area contributed by atoms with Crippen molar-refractivity contribution in [3.05, 3.63) is 30.0 Å². The highest BCUT2D eigenvalue weighted by atomic mass is 15.0. The molecule has 0 amide bonds. The summed E-state index contributed by atoms with van der Waals surface area (Å²) in [7, 11) is 0. The number of imidazole rings is 1. The second kappa shape index (κ2) is 2.31. The Morgan fingerprint density at radius 1 is 1.50 bits per heavy atom. The van der Waals surface area contributed by atoms with Gasteiger partial charge in [-0.3, -0.25) is 4.40 Å². The van der Waals surface area contributed by atoms with E-state index in [1.807, 2.05) is 13.0 Å². The SMILES string of the molecule is Cc1ncn2cc(C#N)cnc12. The second-order valence-electron chi connectivity index (χ2n) is 2.52. The first kappa shape index (κ1) is 6.80. The van der Waals surface area contributed by atoms with Gasteiger partial charge in [-0.05, 0) is 6.92 Å². The van der Waals surface area contributed by atoms with Crippen LogP contribution in [-0.4, -0.2) is 14.4 Å². The first-order chi connectivity index (χ1) is 5.81. The van der Waals surface area contributed by atoms with Crippen LogP contribution < -0.4 is 0 Å². The third kappa shape index (κ3) is 0.839. The van der Waals surface area contributed by atoms with Gasteiger partial charge in [-0.15, -0.1) is 0 Å². The predicted molar refractivity (Wildman–Crippen MR) is 42.4 cm³/mol. The van der Waals surface area contributed by atoms with E-state index < -0.39 is 0 Å². The molecule has 0 bridgehead atoms. The Balaban J connectivity index is 2.80. The van der Waals surface area contributed by atoms with Gasteiger partial charge < -0.3 is 0 Å². The molecular weight excluding hydrogens is 152 g/mol. The lowest BCUT2D eigenvalue weighted by Crippen LogP contribution is -1.88. The number of nitrogens with zero attached hydrogens (tertiary/aromatic N) is 4. The van der Waals surface area contributed by atoms with E-state index in [1.54, 1.807) is 23.1 Å². The van der Waals surface area contributed by atoms with E-state index in [-0.39, 0.29) is 0 Å². The summed E-state index contributed by atoms with van der Waals surface area (Å²) in [5, 5.41) is 8.58. The molecule has 0 aliphatic carbocycles.